The summed E-state index contributed by atoms with van der Waals surface area (Å²) in [6.45, 7) is 2.97. The quantitative estimate of drug-likeness (QED) is 0.877. The second-order valence-corrected chi connectivity index (χ2v) is 4.71. The number of aryl methyl sites for hydroxylation is 1. The van der Waals surface area contributed by atoms with Gasteiger partial charge in [0.15, 0.2) is 0 Å². The molecule has 1 nitrogen and oxygen atoms in total. The van der Waals surface area contributed by atoms with Gasteiger partial charge in [-0.2, -0.15) is 0 Å². The first-order valence-electron chi connectivity index (χ1n) is 5.29. The maximum atomic E-state index is 3.43. The van der Waals surface area contributed by atoms with Gasteiger partial charge in [0, 0.05) is 16.7 Å². The molecule has 2 aromatic carbocycles. The number of hydrogen-bond donors (Lipinski definition) is 1. The van der Waals surface area contributed by atoms with E-state index < -0.39 is 0 Å². The molecule has 0 unspecified atom stereocenters. The highest BCUT2D eigenvalue weighted by molar-refractivity contribution is 9.10. The monoisotopic (exact) mass is 275 g/mol. The van der Waals surface area contributed by atoms with Gasteiger partial charge in [-0.1, -0.05) is 46.3 Å². The number of anilines is 1. The number of benzene rings is 2. The molecule has 2 heteroatoms. The fourth-order valence-electron chi connectivity index (χ4n) is 1.57. The summed E-state index contributed by atoms with van der Waals surface area (Å²) < 4.78 is 1.12. The van der Waals surface area contributed by atoms with Gasteiger partial charge in [-0.25, -0.2) is 0 Å². The number of rotatable bonds is 3. The molecule has 0 aliphatic heterocycles. The van der Waals surface area contributed by atoms with E-state index in [0.717, 1.165) is 11.0 Å². The van der Waals surface area contributed by atoms with E-state index >= 15 is 0 Å². The second kappa shape index (κ2) is 5.17. The third kappa shape index (κ3) is 2.86. The molecule has 16 heavy (non-hydrogen) atoms. The van der Waals surface area contributed by atoms with Gasteiger partial charge in [0.05, 0.1) is 0 Å². The van der Waals surface area contributed by atoms with Gasteiger partial charge < -0.3 is 5.32 Å². The van der Waals surface area contributed by atoms with Gasteiger partial charge >= 0.3 is 0 Å². The molecule has 0 fully saturated rings. The lowest BCUT2D eigenvalue weighted by atomic mass is 10.2. The Kier molecular flexibility index (Phi) is 3.62. The maximum absolute atomic E-state index is 3.43. The van der Waals surface area contributed by atoms with Gasteiger partial charge in [0.1, 0.15) is 0 Å². The minimum Gasteiger partial charge on any atom is -0.381 e. The van der Waals surface area contributed by atoms with Crippen LogP contribution in [-0.4, -0.2) is 0 Å². The Labute approximate surface area is 105 Å². The van der Waals surface area contributed by atoms with Crippen molar-refractivity contribution in [2.24, 2.45) is 0 Å². The van der Waals surface area contributed by atoms with E-state index in [1.54, 1.807) is 0 Å². The molecule has 0 saturated heterocycles. The van der Waals surface area contributed by atoms with E-state index in [0.29, 0.717) is 0 Å². The van der Waals surface area contributed by atoms with Crippen molar-refractivity contribution in [2.45, 2.75) is 13.5 Å². The van der Waals surface area contributed by atoms with Crippen molar-refractivity contribution in [1.82, 2.24) is 0 Å². The molecule has 1 N–H and O–H groups in total. The summed E-state index contributed by atoms with van der Waals surface area (Å²) in [7, 11) is 0. The third-order valence-corrected chi connectivity index (χ3v) is 3.07. The summed E-state index contributed by atoms with van der Waals surface area (Å²) in [4.78, 5) is 0. The third-order valence-electron chi connectivity index (χ3n) is 2.54. The lowest BCUT2D eigenvalue weighted by Crippen LogP contribution is -2.00. The van der Waals surface area contributed by atoms with Crippen molar-refractivity contribution < 1.29 is 0 Å². The molecule has 0 aliphatic carbocycles. The van der Waals surface area contributed by atoms with E-state index in [1.165, 1.54) is 16.8 Å². The fraction of sp³-hybridized carbons (Fsp3) is 0.143. The fourth-order valence-corrected chi connectivity index (χ4v) is 1.84. The minimum absolute atomic E-state index is 0.859. The molecule has 0 radical (unpaired) electrons. The minimum atomic E-state index is 0.859. The summed E-state index contributed by atoms with van der Waals surface area (Å²) >= 11 is 3.43. The van der Waals surface area contributed by atoms with E-state index in [1.807, 2.05) is 0 Å². The summed E-state index contributed by atoms with van der Waals surface area (Å²) in [6, 6.07) is 16.7. The topological polar surface area (TPSA) is 12.0 Å². The number of nitrogens with one attached hydrogen (secondary N) is 1. The van der Waals surface area contributed by atoms with E-state index in [4.69, 9.17) is 0 Å². The Morgan fingerprint density at radius 1 is 1.00 bits per heavy atom. The molecule has 2 aromatic rings. The zero-order chi connectivity index (χ0) is 11.4. The van der Waals surface area contributed by atoms with Crippen molar-refractivity contribution in [3.05, 3.63) is 64.1 Å². The molecular formula is C14H14BrN. The van der Waals surface area contributed by atoms with Gasteiger partial charge in [0.25, 0.3) is 0 Å². The van der Waals surface area contributed by atoms with Crippen LogP contribution >= 0.6 is 15.9 Å². The number of halogens is 1. The number of para-hydroxylation sites is 1. The highest BCUT2D eigenvalue weighted by Gasteiger charge is 1.96. The predicted octanol–water partition coefficient (Wildman–Crippen LogP) is 4.37. The standard InChI is InChI=1S/C14H14BrN/c1-11-4-2-3-5-14(11)16-10-12-6-8-13(15)9-7-12/h2-9,16H,10H2,1H3. The van der Waals surface area contributed by atoms with Crippen LogP contribution in [0.3, 0.4) is 0 Å². The van der Waals surface area contributed by atoms with Crippen molar-refractivity contribution in [2.75, 3.05) is 5.32 Å². The molecule has 0 saturated carbocycles. The van der Waals surface area contributed by atoms with Crippen LogP contribution in [0.1, 0.15) is 11.1 Å². The lowest BCUT2D eigenvalue weighted by Gasteiger charge is -2.09. The summed E-state index contributed by atoms with van der Waals surface area (Å²) in [5.74, 6) is 0. The molecular weight excluding hydrogens is 262 g/mol. The van der Waals surface area contributed by atoms with Crippen LogP contribution in [0.5, 0.6) is 0 Å². The van der Waals surface area contributed by atoms with Gasteiger partial charge in [-0.15, -0.1) is 0 Å². The van der Waals surface area contributed by atoms with Crippen molar-refractivity contribution >= 4 is 21.6 Å². The highest BCUT2D eigenvalue weighted by Crippen LogP contribution is 2.15. The summed E-state index contributed by atoms with van der Waals surface area (Å²) in [6.07, 6.45) is 0. The van der Waals surface area contributed by atoms with Crippen LogP contribution in [-0.2, 0) is 6.54 Å². The Morgan fingerprint density at radius 3 is 2.38 bits per heavy atom. The first-order chi connectivity index (χ1) is 7.75. The zero-order valence-electron chi connectivity index (χ0n) is 9.20. The Balaban J connectivity index is 2.02. The Bertz CT molecular complexity index is 462. The van der Waals surface area contributed by atoms with Gasteiger partial charge in [0.2, 0.25) is 0 Å². The largest absolute Gasteiger partial charge is 0.381 e. The van der Waals surface area contributed by atoms with E-state index in [2.05, 4.69) is 76.7 Å². The summed E-state index contributed by atoms with van der Waals surface area (Å²) in [5.41, 5.74) is 3.76. The normalized spacial score (nSPS) is 10.1. The van der Waals surface area contributed by atoms with Crippen LogP contribution in [0.15, 0.2) is 53.0 Å². The molecule has 0 atom stereocenters. The lowest BCUT2D eigenvalue weighted by molar-refractivity contribution is 1.14. The molecule has 0 heterocycles. The van der Waals surface area contributed by atoms with Crippen molar-refractivity contribution in [1.29, 1.82) is 0 Å². The molecule has 0 aromatic heterocycles. The average molecular weight is 276 g/mol. The molecule has 0 amide bonds. The smallest absolute Gasteiger partial charge is 0.0400 e. The average Bonchev–Trinajstić information content (AvgIpc) is 2.30. The van der Waals surface area contributed by atoms with Gasteiger partial charge in [-0.05, 0) is 36.2 Å². The molecule has 2 rings (SSSR count). The van der Waals surface area contributed by atoms with Crippen LogP contribution in [0, 0.1) is 6.92 Å². The molecule has 0 spiro atoms. The second-order valence-electron chi connectivity index (χ2n) is 3.79. The highest BCUT2D eigenvalue weighted by atomic mass is 79.9. The summed E-state index contributed by atoms with van der Waals surface area (Å²) in [5, 5.41) is 3.43. The SMILES string of the molecule is Cc1ccccc1NCc1ccc(Br)cc1. The van der Waals surface area contributed by atoms with Crippen LogP contribution in [0.25, 0.3) is 0 Å². The van der Waals surface area contributed by atoms with Crippen LogP contribution in [0.4, 0.5) is 5.69 Å². The number of hydrogen-bond acceptors (Lipinski definition) is 1. The van der Waals surface area contributed by atoms with Crippen LogP contribution in [0.2, 0.25) is 0 Å². The molecule has 82 valence electrons. The van der Waals surface area contributed by atoms with Crippen molar-refractivity contribution in [3.63, 3.8) is 0 Å². The van der Waals surface area contributed by atoms with E-state index in [-0.39, 0.29) is 0 Å². The maximum Gasteiger partial charge on any atom is 0.0400 e. The van der Waals surface area contributed by atoms with Crippen molar-refractivity contribution in [3.8, 4) is 0 Å². The Hall–Kier alpha value is -1.28. The first kappa shape index (κ1) is 11.2. The molecule has 0 bridgehead atoms. The van der Waals surface area contributed by atoms with E-state index in [9.17, 15) is 0 Å². The van der Waals surface area contributed by atoms with Crippen LogP contribution < -0.4 is 5.32 Å². The van der Waals surface area contributed by atoms with Gasteiger partial charge in [-0.3, -0.25) is 0 Å². The zero-order valence-corrected chi connectivity index (χ0v) is 10.8. The molecule has 0 aliphatic rings. The first-order valence-corrected chi connectivity index (χ1v) is 6.09. The predicted molar refractivity (Wildman–Crippen MR) is 72.6 cm³/mol. The Morgan fingerprint density at radius 2 is 1.69 bits per heavy atom.